The number of ether oxygens (including phenoxy) is 1. The molecule has 8 heteroatoms. The molecule has 1 unspecified atom stereocenters. The molecule has 4 saturated carbocycles. The van der Waals surface area contributed by atoms with Crippen LogP contribution < -0.4 is 10.6 Å². The van der Waals surface area contributed by atoms with Gasteiger partial charge in [-0.25, -0.2) is 0 Å². The average molecular weight is 597 g/mol. The Morgan fingerprint density at radius 1 is 1.00 bits per heavy atom. The van der Waals surface area contributed by atoms with Crippen LogP contribution in [0.2, 0.25) is 0 Å². The molecular weight excluding hydrogens is 540 g/mol. The number of rotatable bonds is 3. The number of hydrogen-bond acceptors (Lipinski definition) is 6. The van der Waals surface area contributed by atoms with Gasteiger partial charge in [0.25, 0.3) is 0 Å². The van der Waals surface area contributed by atoms with Crippen molar-refractivity contribution in [2.24, 2.45) is 52.3 Å². The molecule has 0 bridgehead atoms. The summed E-state index contributed by atoms with van der Waals surface area (Å²) in [6.45, 7) is 13.6. The number of nitrogens with one attached hydrogen (secondary N) is 2. The molecule has 4 aliphatic carbocycles. The minimum absolute atomic E-state index is 0.0414. The number of piperidine rings is 1. The molecule has 43 heavy (non-hydrogen) atoms. The Bertz CT molecular complexity index is 1130. The van der Waals surface area contributed by atoms with E-state index in [2.05, 4.69) is 50.3 Å². The smallest absolute Gasteiger partial charge is 0.232 e. The van der Waals surface area contributed by atoms with Crippen molar-refractivity contribution in [3.05, 3.63) is 0 Å². The first kappa shape index (κ1) is 30.2. The number of Topliss-reactive ketones (excluding diaryl/α,β-unsaturated/α-hetero) is 1. The highest BCUT2D eigenvalue weighted by Gasteiger charge is 2.71. The molecule has 12 atom stereocenters. The topological polar surface area (TPSA) is 91.0 Å². The quantitative estimate of drug-likeness (QED) is 0.482. The second kappa shape index (κ2) is 10.8. The third-order valence-electron chi connectivity index (χ3n) is 14.5. The summed E-state index contributed by atoms with van der Waals surface area (Å²) >= 11 is 0. The normalized spacial score (nSPS) is 49.7. The highest BCUT2D eigenvalue weighted by atomic mass is 16.5. The maximum atomic E-state index is 14.4. The van der Waals surface area contributed by atoms with Crippen molar-refractivity contribution in [3.63, 3.8) is 0 Å². The first-order valence-corrected chi connectivity index (χ1v) is 17.7. The largest absolute Gasteiger partial charge is 0.357 e. The Balaban J connectivity index is 0.997. The van der Waals surface area contributed by atoms with E-state index in [0.717, 1.165) is 51.7 Å². The maximum absolute atomic E-state index is 14.4. The standard InChI is InChI=1S/C35H56N4O4/c1-21-8-11-35(36-20-21)22(2)32-28(43-35)17-27-25-7-6-23-16-24(9-10-33(23,3)26(25)18-29(40)34(27,32)4)37-30(41)19-31(42)39-14-12-38(5)13-15-39/h21-28,32,36H,6-20H2,1-5H3,(H,37,41)/t21-,22+,23+,24?,25-,26+,27+,28+,32+,33+,34-,35-/m1/s1. The van der Waals surface area contributed by atoms with Crippen LogP contribution in [0.5, 0.6) is 0 Å². The van der Waals surface area contributed by atoms with Crippen LogP contribution in [-0.4, -0.2) is 85.0 Å². The van der Waals surface area contributed by atoms with Gasteiger partial charge in [0.05, 0.1) is 6.10 Å². The summed E-state index contributed by atoms with van der Waals surface area (Å²) < 4.78 is 6.98. The molecule has 2 amide bonds. The fourth-order valence-corrected chi connectivity index (χ4v) is 11.8. The van der Waals surface area contributed by atoms with Crippen molar-refractivity contribution in [3.8, 4) is 0 Å². The number of piperazine rings is 1. The first-order valence-electron chi connectivity index (χ1n) is 17.7. The van der Waals surface area contributed by atoms with Gasteiger partial charge in [0.1, 0.15) is 17.9 Å². The predicted molar refractivity (Wildman–Crippen MR) is 165 cm³/mol. The molecule has 3 saturated heterocycles. The van der Waals surface area contributed by atoms with E-state index in [0.29, 0.717) is 66.7 Å². The van der Waals surface area contributed by atoms with Gasteiger partial charge in [0.2, 0.25) is 11.8 Å². The molecule has 8 nitrogen and oxygen atoms in total. The summed E-state index contributed by atoms with van der Waals surface area (Å²) in [6, 6.07) is 0.133. The lowest BCUT2D eigenvalue weighted by molar-refractivity contribution is -0.160. The molecule has 1 spiro atoms. The molecule has 7 fully saturated rings. The Kier molecular flexibility index (Phi) is 7.57. The Labute approximate surface area is 258 Å². The molecule has 3 aliphatic heterocycles. The van der Waals surface area contributed by atoms with Crippen molar-refractivity contribution in [1.82, 2.24) is 20.4 Å². The molecule has 0 aromatic rings. The van der Waals surface area contributed by atoms with E-state index in [1.807, 2.05) is 4.90 Å². The van der Waals surface area contributed by atoms with Crippen LogP contribution in [0.1, 0.15) is 91.9 Å². The van der Waals surface area contributed by atoms with Gasteiger partial charge in [0, 0.05) is 62.4 Å². The van der Waals surface area contributed by atoms with Crippen LogP contribution in [0.25, 0.3) is 0 Å². The number of carbonyl (C=O) groups is 3. The van der Waals surface area contributed by atoms with Gasteiger partial charge in [-0.15, -0.1) is 0 Å². The number of nitrogens with zero attached hydrogens (tertiary/aromatic N) is 2. The van der Waals surface area contributed by atoms with Crippen molar-refractivity contribution in [1.29, 1.82) is 0 Å². The van der Waals surface area contributed by atoms with E-state index in [4.69, 9.17) is 4.74 Å². The average Bonchev–Trinajstić information content (AvgIpc) is 3.42. The Hall–Kier alpha value is -1.51. The van der Waals surface area contributed by atoms with Gasteiger partial charge < -0.3 is 19.9 Å². The Morgan fingerprint density at radius 3 is 2.49 bits per heavy atom. The summed E-state index contributed by atoms with van der Waals surface area (Å²) in [5, 5.41) is 7.06. The number of hydrogen-bond donors (Lipinski definition) is 2. The van der Waals surface area contributed by atoms with Gasteiger partial charge in [-0.1, -0.05) is 27.7 Å². The maximum Gasteiger partial charge on any atom is 0.232 e. The van der Waals surface area contributed by atoms with E-state index >= 15 is 0 Å². The minimum Gasteiger partial charge on any atom is -0.357 e. The number of fused-ring (bicyclic) bond motifs is 7. The van der Waals surface area contributed by atoms with Crippen LogP contribution in [0.3, 0.4) is 0 Å². The second-order valence-corrected chi connectivity index (χ2v) is 16.6. The van der Waals surface area contributed by atoms with E-state index in [1.165, 1.54) is 19.3 Å². The van der Waals surface area contributed by atoms with Crippen molar-refractivity contribution in [2.45, 2.75) is 110 Å². The number of carbonyl (C=O) groups excluding carboxylic acids is 3. The van der Waals surface area contributed by atoms with E-state index in [-0.39, 0.29) is 46.9 Å². The third-order valence-corrected chi connectivity index (χ3v) is 14.5. The lowest BCUT2D eigenvalue weighted by Crippen LogP contribution is -2.60. The zero-order valence-electron chi connectivity index (χ0n) is 27.3. The summed E-state index contributed by atoms with van der Waals surface area (Å²) in [5.41, 5.74) is -0.373. The predicted octanol–water partition coefficient (Wildman–Crippen LogP) is 3.83. The summed E-state index contributed by atoms with van der Waals surface area (Å²) in [6.07, 6.45) is 9.51. The lowest BCUT2D eigenvalue weighted by atomic mass is 9.44. The van der Waals surface area contributed by atoms with E-state index in [1.54, 1.807) is 0 Å². The van der Waals surface area contributed by atoms with E-state index in [9.17, 15) is 14.4 Å². The van der Waals surface area contributed by atoms with Crippen molar-refractivity contribution in [2.75, 3.05) is 39.8 Å². The Morgan fingerprint density at radius 2 is 1.77 bits per heavy atom. The van der Waals surface area contributed by atoms with Crippen molar-refractivity contribution >= 4 is 17.6 Å². The summed E-state index contributed by atoms with van der Waals surface area (Å²) in [5.74, 6) is 3.66. The fraction of sp³-hybridized carbons (Fsp3) is 0.914. The lowest BCUT2D eigenvalue weighted by Gasteiger charge is -2.60. The molecular formula is C35H56N4O4. The van der Waals surface area contributed by atoms with Gasteiger partial charge in [-0.05, 0) is 93.4 Å². The third kappa shape index (κ3) is 4.74. The monoisotopic (exact) mass is 596 g/mol. The van der Waals surface area contributed by atoms with Gasteiger partial charge in [-0.2, -0.15) is 0 Å². The van der Waals surface area contributed by atoms with Gasteiger partial charge in [0.15, 0.2) is 0 Å². The van der Waals surface area contributed by atoms with Crippen LogP contribution in [0.4, 0.5) is 0 Å². The molecule has 0 aromatic carbocycles. The van der Waals surface area contributed by atoms with E-state index < -0.39 is 0 Å². The molecule has 240 valence electrons. The van der Waals surface area contributed by atoms with Crippen LogP contribution >= 0.6 is 0 Å². The number of ketones is 1. The minimum atomic E-state index is -0.274. The molecule has 7 rings (SSSR count). The first-order chi connectivity index (χ1) is 20.4. The molecule has 7 aliphatic rings. The SMILES string of the molecule is C[C@@H]1CC[C@@]2(NC1)O[C@H]1C[C@H]3[C@@H]4CC[C@H]5CC(NC(=O)CC(=O)N6CCN(C)CC6)CC[C@]5(C)[C@H]4CC(=O)[C@]3(C)[C@H]1[C@@H]2C. The number of amides is 2. The van der Waals surface area contributed by atoms with Crippen molar-refractivity contribution < 1.29 is 19.1 Å². The van der Waals surface area contributed by atoms with Gasteiger partial charge in [-0.3, -0.25) is 19.7 Å². The molecule has 2 N–H and O–H groups in total. The molecule has 3 heterocycles. The van der Waals surface area contributed by atoms with Crippen LogP contribution in [-0.2, 0) is 19.1 Å². The molecule has 0 aromatic heterocycles. The zero-order chi connectivity index (χ0) is 30.3. The van der Waals surface area contributed by atoms with Gasteiger partial charge >= 0.3 is 0 Å². The number of likely N-dealkylation sites (N-methyl/N-ethyl adjacent to an activating group) is 1. The summed E-state index contributed by atoms with van der Waals surface area (Å²) in [4.78, 5) is 44.1. The highest BCUT2D eigenvalue weighted by Crippen LogP contribution is 2.70. The molecule has 0 radical (unpaired) electrons. The zero-order valence-corrected chi connectivity index (χ0v) is 27.3. The highest BCUT2D eigenvalue weighted by molar-refractivity contribution is 5.97. The van der Waals surface area contributed by atoms with Crippen LogP contribution in [0.15, 0.2) is 0 Å². The van der Waals surface area contributed by atoms with Crippen LogP contribution in [0, 0.1) is 52.3 Å². The second-order valence-electron chi connectivity index (χ2n) is 16.6. The summed E-state index contributed by atoms with van der Waals surface area (Å²) in [7, 11) is 2.07. The fourth-order valence-electron chi connectivity index (χ4n) is 11.8.